The van der Waals surface area contributed by atoms with Crippen LogP contribution in [0.15, 0.2) is 59.3 Å². The number of carbonyl (C=O) groups is 3. The van der Waals surface area contributed by atoms with Crippen molar-refractivity contribution in [3.8, 4) is 17.0 Å². The van der Waals surface area contributed by atoms with Gasteiger partial charge in [0, 0.05) is 37.8 Å². The molecule has 0 aliphatic carbocycles. The quantitative estimate of drug-likeness (QED) is 0.355. The van der Waals surface area contributed by atoms with Gasteiger partial charge < -0.3 is 24.8 Å². The summed E-state index contributed by atoms with van der Waals surface area (Å²) in [4.78, 5) is 42.3. The first-order chi connectivity index (χ1) is 21.7. The van der Waals surface area contributed by atoms with E-state index in [1.165, 1.54) is 12.1 Å². The van der Waals surface area contributed by atoms with E-state index in [0.717, 1.165) is 11.6 Å². The van der Waals surface area contributed by atoms with Gasteiger partial charge in [-0.15, -0.1) is 5.10 Å². The maximum Gasteiger partial charge on any atom is 0.259 e. The van der Waals surface area contributed by atoms with Crippen molar-refractivity contribution in [1.82, 2.24) is 35.7 Å². The van der Waals surface area contributed by atoms with Gasteiger partial charge in [-0.3, -0.25) is 14.4 Å². The molecule has 2 aromatic carbocycles. The minimum absolute atomic E-state index is 0.0213. The smallest absolute Gasteiger partial charge is 0.259 e. The molecule has 0 saturated heterocycles. The van der Waals surface area contributed by atoms with E-state index in [2.05, 4.69) is 26.1 Å². The lowest BCUT2D eigenvalue weighted by Crippen LogP contribution is -2.49. The van der Waals surface area contributed by atoms with E-state index in [0.29, 0.717) is 42.1 Å². The number of aromatic nitrogens is 4. The summed E-state index contributed by atoms with van der Waals surface area (Å²) in [5.74, 6) is -1.33. The fourth-order valence-electron chi connectivity index (χ4n) is 5.13. The Bertz CT molecular complexity index is 1650. The van der Waals surface area contributed by atoms with Crippen molar-refractivity contribution in [2.75, 3.05) is 26.2 Å². The maximum absolute atomic E-state index is 14.2. The summed E-state index contributed by atoms with van der Waals surface area (Å²) < 4.78 is 27.1. The summed E-state index contributed by atoms with van der Waals surface area (Å²) in [6.07, 6.45) is 2.50. The van der Waals surface area contributed by atoms with Crippen LogP contribution in [0.5, 0.6) is 5.75 Å². The summed E-state index contributed by atoms with van der Waals surface area (Å²) in [5.41, 5.74) is 2.15. The molecule has 0 fully saturated rings. The second-order valence-electron chi connectivity index (χ2n) is 11.3. The normalized spacial score (nSPS) is 16.6. The number of amides is 3. The van der Waals surface area contributed by atoms with Gasteiger partial charge in [-0.2, -0.15) is 0 Å². The fraction of sp³-hybridized carbons (Fsp3) is 0.375. The highest BCUT2D eigenvalue weighted by molar-refractivity contribution is 6.01. The number of ether oxygens (including phenoxy) is 1. The van der Waals surface area contributed by atoms with Crippen LogP contribution in [0.1, 0.15) is 52.4 Å². The molecule has 12 nitrogen and oxygen atoms in total. The third-order valence-corrected chi connectivity index (χ3v) is 7.41. The standard InChI is InChI=1S/C32H36FN7O5/c1-20(2)17-26-31(42)34-12-14-39(32(43)28-21(3)45-37-29(28)22-7-5-4-6-8-22)13-11-24-19-40(38-36-24)15-16-44-27-10-9-23(33)18-25(27)30(41)35-26/h4-10,18-20,26H,11-17H2,1-3H3,(H,34,42)(H,35,41)/t26-/m1/s1. The van der Waals surface area contributed by atoms with Gasteiger partial charge in [-0.25, -0.2) is 9.07 Å². The van der Waals surface area contributed by atoms with E-state index >= 15 is 0 Å². The molecule has 0 unspecified atom stereocenters. The second kappa shape index (κ2) is 14.1. The van der Waals surface area contributed by atoms with Crippen LogP contribution >= 0.6 is 0 Å². The molecule has 45 heavy (non-hydrogen) atoms. The molecule has 3 heterocycles. The minimum atomic E-state index is -0.897. The Hall–Kier alpha value is -5.07. The van der Waals surface area contributed by atoms with Crippen molar-refractivity contribution < 1.29 is 28.0 Å². The molecular formula is C32H36FN7O5. The van der Waals surface area contributed by atoms with Crippen molar-refractivity contribution in [1.29, 1.82) is 0 Å². The van der Waals surface area contributed by atoms with Crippen molar-refractivity contribution in [3.63, 3.8) is 0 Å². The average molecular weight is 618 g/mol. The molecule has 2 bridgehead atoms. The molecule has 3 amide bonds. The number of hydrogen-bond acceptors (Lipinski definition) is 8. The topological polar surface area (TPSA) is 144 Å². The van der Waals surface area contributed by atoms with Gasteiger partial charge in [-0.05, 0) is 37.5 Å². The zero-order chi connectivity index (χ0) is 31.9. The lowest BCUT2D eigenvalue weighted by molar-refractivity contribution is -0.123. The number of nitrogens with zero attached hydrogens (tertiary/aromatic N) is 5. The number of rotatable bonds is 4. The molecule has 2 N–H and O–H groups in total. The molecule has 0 saturated carbocycles. The van der Waals surface area contributed by atoms with Gasteiger partial charge >= 0.3 is 0 Å². The fourth-order valence-corrected chi connectivity index (χ4v) is 5.13. The molecule has 5 rings (SSSR count). The molecular weight excluding hydrogens is 581 g/mol. The molecule has 236 valence electrons. The summed E-state index contributed by atoms with van der Waals surface area (Å²) >= 11 is 0. The average Bonchev–Trinajstić information content (AvgIpc) is 3.64. The number of halogens is 1. The molecule has 0 spiro atoms. The van der Waals surface area contributed by atoms with Crippen molar-refractivity contribution >= 4 is 17.7 Å². The van der Waals surface area contributed by atoms with Gasteiger partial charge in [0.2, 0.25) is 5.91 Å². The van der Waals surface area contributed by atoms with Gasteiger partial charge in [0.15, 0.2) is 0 Å². The molecule has 1 aliphatic heterocycles. The number of aryl methyl sites for hydroxylation is 1. The van der Waals surface area contributed by atoms with Crippen molar-refractivity contribution in [3.05, 3.63) is 83.1 Å². The van der Waals surface area contributed by atoms with E-state index in [1.54, 1.807) is 22.7 Å². The number of hydrogen-bond donors (Lipinski definition) is 2. The first kappa shape index (κ1) is 31.4. The molecule has 0 radical (unpaired) electrons. The monoisotopic (exact) mass is 617 g/mol. The number of fused-ring (bicyclic) bond motifs is 3. The zero-order valence-electron chi connectivity index (χ0n) is 25.5. The number of benzene rings is 2. The Kier molecular flexibility index (Phi) is 9.86. The van der Waals surface area contributed by atoms with E-state index in [-0.39, 0.29) is 49.4 Å². The van der Waals surface area contributed by atoms with Crippen molar-refractivity contribution in [2.24, 2.45) is 5.92 Å². The van der Waals surface area contributed by atoms with Crippen LogP contribution in [0.2, 0.25) is 0 Å². The predicted octanol–water partition coefficient (Wildman–Crippen LogP) is 3.42. The molecule has 1 aliphatic rings. The van der Waals surface area contributed by atoms with E-state index in [9.17, 15) is 18.8 Å². The summed E-state index contributed by atoms with van der Waals surface area (Å²) in [5, 5.41) is 18.2. The van der Waals surface area contributed by atoms with Gasteiger partial charge in [0.25, 0.3) is 11.8 Å². The minimum Gasteiger partial charge on any atom is -0.491 e. The van der Waals surface area contributed by atoms with Gasteiger partial charge in [0.1, 0.15) is 41.2 Å². The predicted molar refractivity (Wildman–Crippen MR) is 162 cm³/mol. The SMILES string of the molecule is Cc1onc(-c2ccccc2)c1C(=O)N1CCNC(=O)[C@@H](CC(C)C)NC(=O)c2cc(F)ccc2OCCn2cc(nn2)CC1. The van der Waals surface area contributed by atoms with E-state index in [4.69, 9.17) is 9.26 Å². The molecule has 13 heteroatoms. The largest absolute Gasteiger partial charge is 0.491 e. The molecule has 4 aromatic rings. The number of carbonyl (C=O) groups excluding carboxylic acids is 3. The van der Waals surface area contributed by atoms with Crippen LogP contribution in [-0.2, 0) is 17.8 Å². The van der Waals surface area contributed by atoms with Crippen LogP contribution < -0.4 is 15.4 Å². The van der Waals surface area contributed by atoms with Crippen LogP contribution in [0.3, 0.4) is 0 Å². The van der Waals surface area contributed by atoms with Crippen LogP contribution in [-0.4, -0.2) is 75.1 Å². The van der Waals surface area contributed by atoms with E-state index < -0.39 is 23.7 Å². The highest BCUT2D eigenvalue weighted by Gasteiger charge is 2.28. The second-order valence-corrected chi connectivity index (χ2v) is 11.3. The molecule has 1 atom stereocenters. The zero-order valence-corrected chi connectivity index (χ0v) is 25.5. The Morgan fingerprint density at radius 1 is 1.11 bits per heavy atom. The Balaban J connectivity index is 1.42. The Morgan fingerprint density at radius 2 is 1.91 bits per heavy atom. The van der Waals surface area contributed by atoms with Crippen molar-refractivity contribution in [2.45, 2.75) is 46.2 Å². The highest BCUT2D eigenvalue weighted by Crippen LogP contribution is 2.26. The van der Waals surface area contributed by atoms with Crippen LogP contribution in [0, 0.1) is 18.7 Å². The Labute approximate surface area is 259 Å². The van der Waals surface area contributed by atoms with Gasteiger partial charge in [-0.1, -0.05) is 54.5 Å². The van der Waals surface area contributed by atoms with E-state index in [1.807, 2.05) is 44.2 Å². The summed E-state index contributed by atoms with van der Waals surface area (Å²) in [6.45, 7) is 6.56. The lowest BCUT2D eigenvalue weighted by atomic mass is 10.0. The lowest BCUT2D eigenvalue weighted by Gasteiger charge is -2.24. The van der Waals surface area contributed by atoms with Crippen LogP contribution in [0.4, 0.5) is 4.39 Å². The summed E-state index contributed by atoms with van der Waals surface area (Å²) in [7, 11) is 0. The Morgan fingerprint density at radius 3 is 2.69 bits per heavy atom. The third kappa shape index (κ3) is 7.72. The van der Waals surface area contributed by atoms with Gasteiger partial charge in [0.05, 0.1) is 17.8 Å². The number of nitrogens with one attached hydrogen (secondary N) is 2. The highest BCUT2D eigenvalue weighted by atomic mass is 19.1. The first-order valence-corrected chi connectivity index (χ1v) is 14.9. The van der Waals surface area contributed by atoms with Crippen LogP contribution in [0.25, 0.3) is 11.3 Å². The third-order valence-electron chi connectivity index (χ3n) is 7.41. The molecule has 2 aromatic heterocycles. The maximum atomic E-state index is 14.2. The first-order valence-electron chi connectivity index (χ1n) is 14.9. The summed E-state index contributed by atoms with van der Waals surface area (Å²) in [6, 6.07) is 12.1.